The molecule has 22 heavy (non-hydrogen) atoms. The molecule has 1 aromatic rings. The summed E-state index contributed by atoms with van der Waals surface area (Å²) >= 11 is 0. The molecule has 1 unspecified atom stereocenters. The maximum atomic E-state index is 12.2. The highest BCUT2D eigenvalue weighted by atomic mass is 16.5. The molecule has 6 heteroatoms. The van der Waals surface area contributed by atoms with E-state index in [1.807, 2.05) is 6.92 Å². The number of unbranched alkanes of at least 4 members (excludes halogenated alkanes) is 1. The van der Waals surface area contributed by atoms with Gasteiger partial charge in [-0.05, 0) is 24.6 Å². The van der Waals surface area contributed by atoms with Crippen LogP contribution in [0.5, 0.6) is 5.75 Å². The number of nitrogens with one attached hydrogen (secondary N) is 1. The maximum Gasteiger partial charge on any atom is 0.326 e. The Hall–Kier alpha value is -2.08. The van der Waals surface area contributed by atoms with E-state index in [0.717, 1.165) is 12.8 Å². The Balaban J connectivity index is 2.67. The number of benzene rings is 1. The first-order chi connectivity index (χ1) is 10.6. The summed E-state index contributed by atoms with van der Waals surface area (Å²) in [6.07, 6.45) is 2.04. The molecule has 0 bridgehead atoms. The fourth-order valence-electron chi connectivity index (χ4n) is 1.88. The second kappa shape index (κ2) is 9.78. The van der Waals surface area contributed by atoms with Gasteiger partial charge in [-0.25, -0.2) is 4.79 Å². The molecule has 0 fully saturated rings. The largest absolute Gasteiger partial charge is 0.491 e. The molecule has 0 aliphatic carbocycles. The van der Waals surface area contributed by atoms with Crippen LogP contribution >= 0.6 is 0 Å². The highest BCUT2D eigenvalue weighted by Crippen LogP contribution is 2.14. The van der Waals surface area contributed by atoms with Gasteiger partial charge in [-0.1, -0.05) is 25.8 Å². The second-order valence-corrected chi connectivity index (χ2v) is 4.88. The van der Waals surface area contributed by atoms with Gasteiger partial charge in [0, 0.05) is 12.7 Å². The number of methoxy groups -OCH3 is 1. The zero-order valence-corrected chi connectivity index (χ0v) is 13.0. The molecule has 1 aromatic carbocycles. The standard InChI is InChI=1S/C16H23NO5/c1-3-4-8-14(16(19)20)17-15(18)12-6-5-7-13(11-12)22-10-9-21-2/h5-7,11,14H,3-4,8-10H2,1-2H3,(H,17,18)(H,19,20). The van der Waals surface area contributed by atoms with Crippen LogP contribution in [0.25, 0.3) is 0 Å². The first-order valence-corrected chi connectivity index (χ1v) is 7.34. The third-order valence-corrected chi connectivity index (χ3v) is 3.10. The molecule has 0 heterocycles. The van der Waals surface area contributed by atoms with Crippen LogP contribution in [0.4, 0.5) is 0 Å². The Morgan fingerprint density at radius 3 is 2.73 bits per heavy atom. The Morgan fingerprint density at radius 2 is 2.09 bits per heavy atom. The summed E-state index contributed by atoms with van der Waals surface area (Å²) in [6.45, 7) is 2.81. The number of hydrogen-bond donors (Lipinski definition) is 2. The fourth-order valence-corrected chi connectivity index (χ4v) is 1.88. The summed E-state index contributed by atoms with van der Waals surface area (Å²) in [5, 5.41) is 11.7. The lowest BCUT2D eigenvalue weighted by molar-refractivity contribution is -0.139. The van der Waals surface area contributed by atoms with Gasteiger partial charge in [0.15, 0.2) is 0 Å². The smallest absolute Gasteiger partial charge is 0.326 e. The van der Waals surface area contributed by atoms with Crippen LogP contribution in [0.3, 0.4) is 0 Å². The van der Waals surface area contributed by atoms with Crippen molar-refractivity contribution in [1.82, 2.24) is 5.32 Å². The Kier molecular flexibility index (Phi) is 7.99. The molecule has 1 atom stereocenters. The summed E-state index contributed by atoms with van der Waals surface area (Å²) in [4.78, 5) is 23.3. The molecule has 0 spiro atoms. The Morgan fingerprint density at radius 1 is 1.32 bits per heavy atom. The first kappa shape index (κ1) is 18.0. The molecule has 0 saturated heterocycles. The van der Waals surface area contributed by atoms with Crippen LogP contribution in [-0.4, -0.2) is 43.3 Å². The number of hydrogen-bond acceptors (Lipinski definition) is 4. The molecule has 6 nitrogen and oxygen atoms in total. The van der Waals surface area contributed by atoms with Crippen molar-refractivity contribution in [3.05, 3.63) is 29.8 Å². The van der Waals surface area contributed by atoms with Crippen LogP contribution < -0.4 is 10.1 Å². The van der Waals surface area contributed by atoms with Gasteiger partial charge in [0.25, 0.3) is 5.91 Å². The lowest BCUT2D eigenvalue weighted by Gasteiger charge is -2.14. The minimum atomic E-state index is -1.02. The van der Waals surface area contributed by atoms with E-state index in [4.69, 9.17) is 14.6 Å². The van der Waals surface area contributed by atoms with Crippen molar-refractivity contribution >= 4 is 11.9 Å². The minimum Gasteiger partial charge on any atom is -0.491 e. The van der Waals surface area contributed by atoms with Crippen molar-refractivity contribution in [2.75, 3.05) is 20.3 Å². The topological polar surface area (TPSA) is 84.9 Å². The summed E-state index contributed by atoms with van der Waals surface area (Å²) in [7, 11) is 1.58. The molecule has 1 rings (SSSR count). The van der Waals surface area contributed by atoms with Crippen molar-refractivity contribution < 1.29 is 24.2 Å². The van der Waals surface area contributed by atoms with Gasteiger partial charge < -0.3 is 19.9 Å². The Bertz CT molecular complexity index is 489. The van der Waals surface area contributed by atoms with Crippen molar-refractivity contribution in [2.45, 2.75) is 32.2 Å². The number of carboxylic acid groups (broad SMARTS) is 1. The van der Waals surface area contributed by atoms with E-state index in [2.05, 4.69) is 5.32 Å². The lowest BCUT2D eigenvalue weighted by Crippen LogP contribution is -2.40. The highest BCUT2D eigenvalue weighted by Gasteiger charge is 2.20. The number of amides is 1. The van der Waals surface area contributed by atoms with Gasteiger partial charge in [-0.2, -0.15) is 0 Å². The molecule has 0 radical (unpaired) electrons. The quantitative estimate of drug-likeness (QED) is 0.646. The molecule has 122 valence electrons. The van der Waals surface area contributed by atoms with E-state index in [0.29, 0.717) is 30.9 Å². The highest BCUT2D eigenvalue weighted by molar-refractivity contribution is 5.96. The molecule has 0 aliphatic heterocycles. The second-order valence-electron chi connectivity index (χ2n) is 4.88. The van der Waals surface area contributed by atoms with E-state index >= 15 is 0 Å². The molecule has 0 aromatic heterocycles. The van der Waals surface area contributed by atoms with Gasteiger partial charge in [0.05, 0.1) is 6.61 Å². The van der Waals surface area contributed by atoms with Crippen molar-refractivity contribution in [2.24, 2.45) is 0 Å². The van der Waals surface area contributed by atoms with Gasteiger partial charge in [0.2, 0.25) is 0 Å². The monoisotopic (exact) mass is 309 g/mol. The van der Waals surface area contributed by atoms with Gasteiger partial charge in [-0.15, -0.1) is 0 Å². The number of carbonyl (C=O) groups is 2. The molecular formula is C16H23NO5. The van der Waals surface area contributed by atoms with Gasteiger partial charge in [0.1, 0.15) is 18.4 Å². The number of carboxylic acids is 1. The zero-order valence-electron chi connectivity index (χ0n) is 13.0. The van der Waals surface area contributed by atoms with Gasteiger partial charge in [-0.3, -0.25) is 4.79 Å². The van der Waals surface area contributed by atoms with Crippen LogP contribution in [0.2, 0.25) is 0 Å². The number of ether oxygens (including phenoxy) is 2. The van der Waals surface area contributed by atoms with Crippen LogP contribution in [0, 0.1) is 0 Å². The average molecular weight is 309 g/mol. The minimum absolute atomic E-state index is 0.373. The SMILES string of the molecule is CCCCC(NC(=O)c1cccc(OCCOC)c1)C(=O)O. The summed E-state index contributed by atoms with van der Waals surface area (Å²) < 4.78 is 10.3. The number of rotatable bonds is 10. The van der Waals surface area contributed by atoms with E-state index in [-0.39, 0.29) is 0 Å². The molecule has 0 saturated carbocycles. The van der Waals surface area contributed by atoms with Crippen LogP contribution in [0.1, 0.15) is 36.5 Å². The molecule has 0 aliphatic rings. The third-order valence-electron chi connectivity index (χ3n) is 3.10. The summed E-state index contributed by atoms with van der Waals surface area (Å²) in [6, 6.07) is 5.77. The predicted molar refractivity (Wildman–Crippen MR) is 82.2 cm³/mol. The predicted octanol–water partition coefficient (Wildman–Crippen LogP) is 2.08. The van der Waals surface area contributed by atoms with Crippen molar-refractivity contribution in [3.8, 4) is 5.75 Å². The van der Waals surface area contributed by atoms with E-state index in [9.17, 15) is 9.59 Å². The Labute approximate surface area is 130 Å². The third kappa shape index (κ3) is 6.13. The van der Waals surface area contributed by atoms with Crippen molar-refractivity contribution in [3.63, 3.8) is 0 Å². The summed E-state index contributed by atoms with van der Waals surface area (Å²) in [5.41, 5.74) is 0.373. The zero-order chi connectivity index (χ0) is 16.4. The van der Waals surface area contributed by atoms with Crippen LogP contribution in [0.15, 0.2) is 24.3 Å². The molecule has 2 N–H and O–H groups in total. The lowest BCUT2D eigenvalue weighted by atomic mass is 10.1. The van der Waals surface area contributed by atoms with Crippen molar-refractivity contribution in [1.29, 1.82) is 0 Å². The van der Waals surface area contributed by atoms with E-state index in [1.165, 1.54) is 0 Å². The first-order valence-electron chi connectivity index (χ1n) is 7.34. The number of carbonyl (C=O) groups excluding carboxylic acids is 1. The molecular weight excluding hydrogens is 286 g/mol. The summed E-state index contributed by atoms with van der Waals surface area (Å²) in [5.74, 6) is -0.889. The maximum absolute atomic E-state index is 12.2. The normalized spacial score (nSPS) is 11.7. The number of aliphatic carboxylic acids is 1. The van der Waals surface area contributed by atoms with E-state index in [1.54, 1.807) is 31.4 Å². The molecule has 1 amide bonds. The average Bonchev–Trinajstić information content (AvgIpc) is 2.51. The van der Waals surface area contributed by atoms with E-state index < -0.39 is 17.9 Å². The van der Waals surface area contributed by atoms with Gasteiger partial charge >= 0.3 is 5.97 Å². The van der Waals surface area contributed by atoms with Crippen LogP contribution in [-0.2, 0) is 9.53 Å². The fraction of sp³-hybridized carbons (Fsp3) is 0.500.